The summed E-state index contributed by atoms with van der Waals surface area (Å²) in [5.41, 5.74) is 0.832. The molecule has 1 N–H and O–H groups in total. The van der Waals surface area contributed by atoms with Gasteiger partial charge in [0, 0.05) is 10.2 Å². The Hall–Kier alpha value is -2.55. The molecule has 1 saturated heterocycles. The second-order valence-electron chi connectivity index (χ2n) is 5.00. The number of cyclic esters (lactones) is 1. The number of methoxy groups -OCH3 is 1. The number of benzene rings is 1. The van der Waals surface area contributed by atoms with E-state index in [1.54, 1.807) is 12.1 Å². The van der Waals surface area contributed by atoms with Crippen molar-refractivity contribution in [3.8, 4) is 5.75 Å². The Balaban J connectivity index is 1.58. The number of anilines is 1. The zero-order chi connectivity index (χ0) is 17.1. The van der Waals surface area contributed by atoms with E-state index in [9.17, 15) is 9.59 Å². The summed E-state index contributed by atoms with van der Waals surface area (Å²) in [7, 11) is 1.43. The van der Waals surface area contributed by atoms with Gasteiger partial charge in [0.2, 0.25) is 0 Å². The quantitative estimate of drug-likeness (QED) is 0.780. The number of amides is 1. The number of halogens is 1. The summed E-state index contributed by atoms with van der Waals surface area (Å²) in [6.45, 7) is 0.244. The van der Waals surface area contributed by atoms with Crippen molar-refractivity contribution in [3.63, 3.8) is 0 Å². The Morgan fingerprint density at radius 2 is 2.21 bits per heavy atom. The summed E-state index contributed by atoms with van der Waals surface area (Å²) in [5, 5.41) is 6.22. The van der Waals surface area contributed by atoms with E-state index in [4.69, 9.17) is 14.2 Å². The molecule has 8 nitrogen and oxygen atoms in total. The van der Waals surface area contributed by atoms with Crippen LogP contribution in [0.2, 0.25) is 0 Å². The number of nitrogens with zero attached hydrogens (tertiary/aromatic N) is 2. The molecule has 1 aromatic carbocycles. The summed E-state index contributed by atoms with van der Waals surface area (Å²) in [6.07, 6.45) is 0.359. The van der Waals surface area contributed by atoms with E-state index < -0.39 is 18.2 Å². The van der Waals surface area contributed by atoms with E-state index >= 15 is 0 Å². The smallest absolute Gasteiger partial charge is 0.414 e. The lowest BCUT2D eigenvalue weighted by Crippen LogP contribution is -2.26. The summed E-state index contributed by atoms with van der Waals surface area (Å²) in [4.78, 5) is 25.4. The van der Waals surface area contributed by atoms with Crippen LogP contribution in [0.25, 0.3) is 0 Å². The Labute approximate surface area is 145 Å². The molecule has 1 aliphatic heterocycles. The lowest BCUT2D eigenvalue weighted by molar-refractivity contribution is 0.0291. The molecule has 2 aromatic rings. The maximum Gasteiger partial charge on any atom is 0.414 e. The van der Waals surface area contributed by atoms with Gasteiger partial charge in [-0.2, -0.15) is 5.10 Å². The molecule has 3 rings (SSSR count). The largest absolute Gasteiger partial charge is 0.493 e. The van der Waals surface area contributed by atoms with E-state index in [0.717, 1.165) is 4.47 Å². The molecular weight excluding hydrogens is 382 g/mol. The average molecular weight is 396 g/mol. The first kappa shape index (κ1) is 16.3. The predicted octanol–water partition coefficient (Wildman–Crippen LogP) is 2.36. The Morgan fingerprint density at radius 3 is 2.92 bits per heavy atom. The van der Waals surface area contributed by atoms with E-state index in [1.807, 2.05) is 12.1 Å². The number of nitrogens with one attached hydrogen (secondary N) is 1. The van der Waals surface area contributed by atoms with Gasteiger partial charge in [0.25, 0.3) is 0 Å². The van der Waals surface area contributed by atoms with E-state index in [2.05, 4.69) is 26.1 Å². The monoisotopic (exact) mass is 395 g/mol. The maximum atomic E-state index is 12.0. The molecule has 0 radical (unpaired) electrons. The van der Waals surface area contributed by atoms with Gasteiger partial charge in [-0.25, -0.2) is 9.59 Å². The maximum absolute atomic E-state index is 12.0. The highest BCUT2D eigenvalue weighted by Crippen LogP contribution is 2.24. The highest BCUT2D eigenvalue weighted by molar-refractivity contribution is 9.10. The van der Waals surface area contributed by atoms with Crippen LogP contribution in [0.5, 0.6) is 5.75 Å². The van der Waals surface area contributed by atoms with Gasteiger partial charge in [-0.1, -0.05) is 15.9 Å². The topological polar surface area (TPSA) is 93.7 Å². The molecule has 126 valence electrons. The molecule has 9 heteroatoms. The third-order valence-corrected chi connectivity index (χ3v) is 3.97. The van der Waals surface area contributed by atoms with Crippen LogP contribution in [-0.4, -0.2) is 48.6 Å². The SMILES string of the molecule is COc1cn[nH]c1C(=O)OCC1CN(c2ccc(Br)cc2)C(=O)O1. The van der Waals surface area contributed by atoms with E-state index in [0.29, 0.717) is 18.0 Å². The van der Waals surface area contributed by atoms with Gasteiger partial charge in [-0.3, -0.25) is 10.00 Å². The Morgan fingerprint density at radius 1 is 1.46 bits per heavy atom. The van der Waals surface area contributed by atoms with Crippen LogP contribution in [-0.2, 0) is 9.47 Å². The first-order valence-corrected chi connectivity index (χ1v) is 7.86. The lowest BCUT2D eigenvalue weighted by atomic mass is 10.3. The van der Waals surface area contributed by atoms with Crippen LogP contribution < -0.4 is 9.64 Å². The Kier molecular flexibility index (Phi) is 4.70. The van der Waals surface area contributed by atoms with Gasteiger partial charge in [-0.05, 0) is 24.3 Å². The zero-order valence-electron chi connectivity index (χ0n) is 12.7. The van der Waals surface area contributed by atoms with Crippen molar-refractivity contribution in [2.24, 2.45) is 0 Å². The number of hydrogen-bond donors (Lipinski definition) is 1. The number of carbonyl (C=O) groups excluding carboxylic acids is 2. The first-order valence-electron chi connectivity index (χ1n) is 7.06. The van der Waals surface area contributed by atoms with Gasteiger partial charge >= 0.3 is 12.1 Å². The fraction of sp³-hybridized carbons (Fsp3) is 0.267. The predicted molar refractivity (Wildman–Crippen MR) is 87.2 cm³/mol. The molecule has 1 amide bonds. The summed E-state index contributed by atoms with van der Waals surface area (Å²) >= 11 is 3.34. The molecule has 0 spiro atoms. The minimum Gasteiger partial charge on any atom is -0.493 e. The Bertz CT molecular complexity index is 746. The van der Waals surface area contributed by atoms with Crippen molar-refractivity contribution in [1.29, 1.82) is 0 Å². The number of carbonyl (C=O) groups is 2. The van der Waals surface area contributed by atoms with Crippen molar-refractivity contribution in [2.75, 3.05) is 25.2 Å². The first-order chi connectivity index (χ1) is 11.6. The van der Waals surface area contributed by atoms with Gasteiger partial charge in [0.1, 0.15) is 6.61 Å². The van der Waals surface area contributed by atoms with Crippen LogP contribution in [0.1, 0.15) is 10.5 Å². The van der Waals surface area contributed by atoms with E-state index in [1.165, 1.54) is 18.2 Å². The standard InChI is InChI=1S/C15H14BrN3O5/c1-22-12-6-17-18-13(12)14(20)23-8-11-7-19(15(21)24-11)10-4-2-9(16)3-5-10/h2-6,11H,7-8H2,1H3,(H,17,18). The third-order valence-electron chi connectivity index (χ3n) is 3.44. The zero-order valence-corrected chi connectivity index (χ0v) is 14.3. The van der Waals surface area contributed by atoms with E-state index in [-0.39, 0.29) is 12.3 Å². The fourth-order valence-electron chi connectivity index (χ4n) is 2.26. The van der Waals surface area contributed by atoms with Crippen LogP contribution in [0.15, 0.2) is 34.9 Å². The number of ether oxygens (including phenoxy) is 3. The summed E-state index contributed by atoms with van der Waals surface area (Å²) in [6, 6.07) is 7.27. The molecular formula is C15H14BrN3O5. The molecule has 1 atom stereocenters. The molecule has 0 aliphatic carbocycles. The molecule has 1 fully saturated rings. The second-order valence-corrected chi connectivity index (χ2v) is 5.92. The van der Waals surface area contributed by atoms with Gasteiger partial charge < -0.3 is 14.2 Å². The number of esters is 1. The summed E-state index contributed by atoms with van der Waals surface area (Å²) < 4.78 is 16.3. The van der Waals surface area contributed by atoms with Crippen LogP contribution in [0.3, 0.4) is 0 Å². The van der Waals surface area contributed by atoms with Crippen molar-refractivity contribution >= 4 is 33.7 Å². The van der Waals surface area contributed by atoms with Crippen molar-refractivity contribution < 1.29 is 23.8 Å². The second kappa shape index (κ2) is 6.91. The fourth-order valence-corrected chi connectivity index (χ4v) is 2.52. The number of aromatic nitrogens is 2. The van der Waals surface area contributed by atoms with Crippen molar-refractivity contribution in [3.05, 3.63) is 40.6 Å². The summed E-state index contributed by atoms with van der Waals surface area (Å²) in [5.74, 6) is -0.331. The molecule has 1 aromatic heterocycles. The van der Waals surface area contributed by atoms with Gasteiger partial charge in [-0.15, -0.1) is 0 Å². The number of rotatable bonds is 5. The minimum atomic E-state index is -0.623. The minimum absolute atomic E-state index is 0.0558. The lowest BCUT2D eigenvalue weighted by Gasteiger charge is -2.12. The van der Waals surface area contributed by atoms with Crippen molar-refractivity contribution in [2.45, 2.75) is 6.10 Å². The van der Waals surface area contributed by atoms with Crippen LogP contribution >= 0.6 is 15.9 Å². The normalized spacial score (nSPS) is 16.8. The highest BCUT2D eigenvalue weighted by atomic mass is 79.9. The number of hydrogen-bond acceptors (Lipinski definition) is 6. The average Bonchev–Trinajstić information content (AvgIpc) is 3.20. The molecule has 2 heterocycles. The highest BCUT2D eigenvalue weighted by Gasteiger charge is 2.33. The van der Waals surface area contributed by atoms with Crippen molar-refractivity contribution in [1.82, 2.24) is 10.2 Å². The third kappa shape index (κ3) is 3.35. The molecule has 1 aliphatic rings. The molecule has 0 saturated carbocycles. The van der Waals surface area contributed by atoms with Gasteiger partial charge in [0.05, 0.1) is 19.9 Å². The van der Waals surface area contributed by atoms with Crippen LogP contribution in [0.4, 0.5) is 10.5 Å². The number of aromatic amines is 1. The molecule has 1 unspecified atom stereocenters. The van der Waals surface area contributed by atoms with Gasteiger partial charge in [0.15, 0.2) is 17.5 Å². The van der Waals surface area contributed by atoms with Crippen LogP contribution in [0, 0.1) is 0 Å². The molecule has 0 bridgehead atoms. The number of H-pyrrole nitrogens is 1. The molecule has 24 heavy (non-hydrogen) atoms.